The molecule has 23 heavy (non-hydrogen) atoms. The van der Waals surface area contributed by atoms with Gasteiger partial charge in [0.1, 0.15) is 12.4 Å². The van der Waals surface area contributed by atoms with Crippen LogP contribution in [-0.2, 0) is 6.61 Å². The van der Waals surface area contributed by atoms with Gasteiger partial charge in [0.15, 0.2) is 0 Å². The van der Waals surface area contributed by atoms with Crippen molar-refractivity contribution in [2.24, 2.45) is 11.1 Å². The number of aliphatic hydroxyl groups excluding tert-OH is 1. The first-order chi connectivity index (χ1) is 10.8. The number of nitrogens with two attached hydrogens (primary N) is 1. The molecular formula is C20H27NO2. The number of hydrogen-bond donors (Lipinski definition) is 2. The minimum absolute atomic E-state index is 0.0541. The van der Waals surface area contributed by atoms with Gasteiger partial charge in [0, 0.05) is 18.1 Å². The zero-order valence-electron chi connectivity index (χ0n) is 14.5. The summed E-state index contributed by atoms with van der Waals surface area (Å²) in [7, 11) is 0. The fourth-order valence-corrected chi connectivity index (χ4v) is 2.67. The van der Waals surface area contributed by atoms with E-state index in [1.807, 2.05) is 45.9 Å². The van der Waals surface area contributed by atoms with Gasteiger partial charge < -0.3 is 15.6 Å². The summed E-state index contributed by atoms with van der Waals surface area (Å²) in [5, 5.41) is 9.52. The maximum Gasteiger partial charge on any atom is 0.125 e. The van der Waals surface area contributed by atoms with Crippen molar-refractivity contribution in [3.8, 4) is 5.75 Å². The molecule has 3 heteroatoms. The average Bonchev–Trinajstić information content (AvgIpc) is 2.54. The Morgan fingerprint density at radius 2 is 1.65 bits per heavy atom. The van der Waals surface area contributed by atoms with Crippen molar-refractivity contribution < 1.29 is 9.84 Å². The second-order valence-corrected chi connectivity index (χ2v) is 6.88. The van der Waals surface area contributed by atoms with Crippen molar-refractivity contribution in [3.05, 3.63) is 64.7 Å². The van der Waals surface area contributed by atoms with Crippen molar-refractivity contribution in [2.75, 3.05) is 6.61 Å². The van der Waals surface area contributed by atoms with Crippen molar-refractivity contribution in [2.45, 2.75) is 40.3 Å². The highest BCUT2D eigenvalue weighted by Gasteiger charge is 2.27. The van der Waals surface area contributed by atoms with E-state index in [2.05, 4.69) is 24.3 Å². The lowest BCUT2D eigenvalue weighted by Gasteiger charge is -2.30. The van der Waals surface area contributed by atoms with Crippen LogP contribution in [0.5, 0.6) is 5.75 Å². The Morgan fingerprint density at radius 3 is 2.17 bits per heavy atom. The molecule has 3 N–H and O–H groups in total. The Bertz CT molecular complexity index is 627. The number of hydrogen-bond acceptors (Lipinski definition) is 3. The van der Waals surface area contributed by atoms with Crippen molar-refractivity contribution in [3.63, 3.8) is 0 Å². The minimum Gasteiger partial charge on any atom is -0.488 e. The van der Waals surface area contributed by atoms with Crippen LogP contribution in [0.1, 0.15) is 42.1 Å². The zero-order valence-corrected chi connectivity index (χ0v) is 14.5. The molecular weight excluding hydrogens is 286 g/mol. The molecule has 3 nitrogen and oxygen atoms in total. The molecule has 2 aromatic rings. The quantitative estimate of drug-likeness (QED) is 0.850. The summed E-state index contributed by atoms with van der Waals surface area (Å²) >= 11 is 0. The molecule has 0 unspecified atom stereocenters. The van der Waals surface area contributed by atoms with E-state index >= 15 is 0 Å². The van der Waals surface area contributed by atoms with Crippen LogP contribution in [0.25, 0.3) is 0 Å². The minimum atomic E-state index is -0.356. The molecule has 0 fully saturated rings. The Hall–Kier alpha value is -1.84. The molecule has 124 valence electrons. The van der Waals surface area contributed by atoms with Gasteiger partial charge in [-0.2, -0.15) is 0 Å². The summed E-state index contributed by atoms with van der Waals surface area (Å²) in [4.78, 5) is 0. The van der Waals surface area contributed by atoms with E-state index in [9.17, 15) is 5.11 Å². The third kappa shape index (κ3) is 4.12. The highest BCUT2D eigenvalue weighted by molar-refractivity contribution is 5.44. The molecule has 2 rings (SSSR count). The zero-order chi connectivity index (χ0) is 17.0. The van der Waals surface area contributed by atoms with Gasteiger partial charge in [0.2, 0.25) is 0 Å². The smallest absolute Gasteiger partial charge is 0.125 e. The van der Waals surface area contributed by atoms with Crippen LogP contribution < -0.4 is 10.5 Å². The van der Waals surface area contributed by atoms with Gasteiger partial charge in [-0.05, 0) is 36.1 Å². The molecule has 2 aromatic carbocycles. The van der Waals surface area contributed by atoms with Crippen LogP contribution in [-0.4, -0.2) is 11.7 Å². The molecule has 0 saturated heterocycles. The molecule has 0 saturated carbocycles. The SMILES string of the molecule is Cc1cc([C@H](N)C(C)(C)CO)cc(C)c1OCc1ccccc1. The van der Waals surface area contributed by atoms with Gasteiger partial charge in [0.05, 0.1) is 0 Å². The molecule has 0 aliphatic heterocycles. The second kappa shape index (κ2) is 7.16. The molecule has 0 heterocycles. The summed E-state index contributed by atoms with van der Waals surface area (Å²) in [6, 6.07) is 14.0. The van der Waals surface area contributed by atoms with Crippen molar-refractivity contribution >= 4 is 0 Å². The predicted molar refractivity (Wildman–Crippen MR) is 94.5 cm³/mol. The Kier molecular flexibility index (Phi) is 5.45. The Labute approximate surface area is 139 Å². The van der Waals surface area contributed by atoms with Crippen molar-refractivity contribution in [1.29, 1.82) is 0 Å². The summed E-state index contributed by atoms with van der Waals surface area (Å²) < 4.78 is 6.01. The highest BCUT2D eigenvalue weighted by atomic mass is 16.5. The fraction of sp³-hybridized carbons (Fsp3) is 0.400. The summed E-state index contributed by atoms with van der Waals surface area (Å²) in [5.74, 6) is 0.909. The molecule has 0 aliphatic carbocycles. The van der Waals surface area contributed by atoms with Crippen molar-refractivity contribution in [1.82, 2.24) is 0 Å². The number of benzene rings is 2. The van der Waals surface area contributed by atoms with Gasteiger partial charge in [-0.1, -0.05) is 56.3 Å². The van der Waals surface area contributed by atoms with E-state index in [0.29, 0.717) is 6.61 Å². The first-order valence-corrected chi connectivity index (χ1v) is 7.99. The summed E-state index contributed by atoms with van der Waals surface area (Å²) in [6.07, 6.45) is 0. The monoisotopic (exact) mass is 313 g/mol. The van der Waals surface area contributed by atoms with Crippen LogP contribution in [0, 0.1) is 19.3 Å². The number of ether oxygens (including phenoxy) is 1. The Morgan fingerprint density at radius 1 is 1.09 bits per heavy atom. The number of aryl methyl sites for hydroxylation is 2. The molecule has 0 aromatic heterocycles. The third-order valence-corrected chi connectivity index (χ3v) is 4.32. The molecule has 0 amide bonds. The molecule has 0 radical (unpaired) electrons. The first-order valence-electron chi connectivity index (χ1n) is 7.99. The van der Waals surface area contributed by atoms with Crippen LogP contribution in [0.3, 0.4) is 0 Å². The lowest BCUT2D eigenvalue weighted by atomic mass is 9.81. The second-order valence-electron chi connectivity index (χ2n) is 6.88. The lowest BCUT2D eigenvalue weighted by Crippen LogP contribution is -2.32. The van der Waals surface area contributed by atoms with E-state index < -0.39 is 0 Å². The lowest BCUT2D eigenvalue weighted by molar-refractivity contribution is 0.132. The summed E-state index contributed by atoms with van der Waals surface area (Å²) in [6.45, 7) is 8.63. The largest absolute Gasteiger partial charge is 0.488 e. The van der Waals surface area contributed by atoms with Gasteiger partial charge >= 0.3 is 0 Å². The normalized spacial score (nSPS) is 13.0. The van der Waals surface area contributed by atoms with Gasteiger partial charge in [-0.15, -0.1) is 0 Å². The third-order valence-electron chi connectivity index (χ3n) is 4.32. The first kappa shape index (κ1) is 17.5. The summed E-state index contributed by atoms with van der Waals surface area (Å²) in [5.41, 5.74) is 10.3. The number of aliphatic hydroxyl groups is 1. The number of rotatable bonds is 6. The predicted octanol–water partition coefficient (Wildman–Crippen LogP) is 3.90. The van der Waals surface area contributed by atoms with E-state index in [1.165, 1.54) is 0 Å². The molecule has 0 spiro atoms. The maximum atomic E-state index is 9.52. The van der Waals surface area contributed by atoms with Crippen LogP contribution >= 0.6 is 0 Å². The van der Waals surface area contributed by atoms with E-state index in [-0.39, 0.29) is 18.1 Å². The van der Waals surface area contributed by atoms with Crippen LogP contribution in [0.2, 0.25) is 0 Å². The highest BCUT2D eigenvalue weighted by Crippen LogP contribution is 2.34. The fourth-order valence-electron chi connectivity index (χ4n) is 2.67. The van der Waals surface area contributed by atoms with Crippen LogP contribution in [0.15, 0.2) is 42.5 Å². The topological polar surface area (TPSA) is 55.5 Å². The standard InChI is InChI=1S/C20H27NO2/c1-14-10-17(19(21)20(3,4)13-22)11-15(2)18(14)23-12-16-8-6-5-7-9-16/h5-11,19,22H,12-13,21H2,1-4H3/t19-/m0/s1. The van der Waals surface area contributed by atoms with Gasteiger partial charge in [-0.25, -0.2) is 0 Å². The van der Waals surface area contributed by atoms with Gasteiger partial charge in [-0.3, -0.25) is 0 Å². The molecule has 1 atom stereocenters. The average molecular weight is 313 g/mol. The molecule has 0 aliphatic rings. The van der Waals surface area contributed by atoms with E-state index in [4.69, 9.17) is 10.5 Å². The maximum absolute atomic E-state index is 9.52. The van der Waals surface area contributed by atoms with E-state index in [1.54, 1.807) is 0 Å². The molecule has 0 bridgehead atoms. The Balaban J connectivity index is 2.20. The van der Waals surface area contributed by atoms with E-state index in [0.717, 1.165) is 28.0 Å². The van der Waals surface area contributed by atoms with Gasteiger partial charge in [0.25, 0.3) is 0 Å². The van der Waals surface area contributed by atoms with Crippen LogP contribution in [0.4, 0.5) is 0 Å².